The number of benzene rings is 1. The number of amides is 1. The van der Waals surface area contributed by atoms with Crippen LogP contribution in [0.2, 0.25) is 0 Å². The van der Waals surface area contributed by atoms with Gasteiger partial charge in [-0.3, -0.25) is 15.1 Å². The predicted molar refractivity (Wildman–Crippen MR) is 84.9 cm³/mol. The summed E-state index contributed by atoms with van der Waals surface area (Å²) in [5.74, 6) is -0.251. The van der Waals surface area contributed by atoms with E-state index in [1.165, 1.54) is 38.4 Å². The normalized spacial score (nSPS) is 17.4. The van der Waals surface area contributed by atoms with Gasteiger partial charge in [-0.05, 0) is 31.3 Å². The Morgan fingerprint density at radius 2 is 1.74 bits per heavy atom. The molecule has 128 valence electrons. The van der Waals surface area contributed by atoms with E-state index in [2.05, 4.69) is 10.3 Å². The SMILES string of the molecule is CON(C)S(=O)(=O)c1ccc(C(=O)NN2CCN(C)CC2)cc1. The fraction of sp³-hybridized carbons (Fsp3) is 0.500. The van der Waals surface area contributed by atoms with Crippen molar-refractivity contribution in [2.24, 2.45) is 0 Å². The molecule has 1 N–H and O–H groups in total. The maximum absolute atomic E-state index is 12.2. The summed E-state index contributed by atoms with van der Waals surface area (Å²) in [6.45, 7) is 3.29. The first-order valence-corrected chi connectivity index (χ1v) is 8.66. The number of carbonyl (C=O) groups is 1. The zero-order valence-corrected chi connectivity index (χ0v) is 14.3. The van der Waals surface area contributed by atoms with Crippen LogP contribution in [0.4, 0.5) is 0 Å². The van der Waals surface area contributed by atoms with E-state index in [-0.39, 0.29) is 10.8 Å². The van der Waals surface area contributed by atoms with Crippen molar-refractivity contribution in [3.05, 3.63) is 29.8 Å². The Bertz CT molecular complexity index is 639. The van der Waals surface area contributed by atoms with Gasteiger partial charge in [0.1, 0.15) is 0 Å². The van der Waals surface area contributed by atoms with Crippen molar-refractivity contribution in [2.45, 2.75) is 4.90 Å². The molecule has 8 nitrogen and oxygen atoms in total. The molecule has 2 rings (SSSR count). The lowest BCUT2D eigenvalue weighted by atomic mass is 10.2. The van der Waals surface area contributed by atoms with Crippen molar-refractivity contribution in [1.29, 1.82) is 0 Å². The van der Waals surface area contributed by atoms with Crippen LogP contribution >= 0.6 is 0 Å². The van der Waals surface area contributed by atoms with Gasteiger partial charge in [-0.25, -0.2) is 13.4 Å². The molecule has 0 spiro atoms. The van der Waals surface area contributed by atoms with Gasteiger partial charge in [0.05, 0.1) is 12.0 Å². The minimum atomic E-state index is -3.70. The van der Waals surface area contributed by atoms with Gasteiger partial charge in [0.2, 0.25) is 0 Å². The smallest absolute Gasteiger partial charge is 0.265 e. The molecule has 1 aromatic carbocycles. The number of rotatable bonds is 5. The average molecular weight is 342 g/mol. The number of likely N-dealkylation sites (N-methyl/N-ethyl adjacent to an activating group) is 1. The van der Waals surface area contributed by atoms with Crippen molar-refractivity contribution < 1.29 is 18.0 Å². The number of nitrogens with one attached hydrogen (secondary N) is 1. The Hall–Kier alpha value is -1.52. The summed E-state index contributed by atoms with van der Waals surface area (Å²) in [7, 11) is 0.918. The van der Waals surface area contributed by atoms with Crippen LogP contribution in [0.15, 0.2) is 29.2 Å². The molecule has 0 bridgehead atoms. The van der Waals surface area contributed by atoms with Crippen LogP contribution in [0.5, 0.6) is 0 Å². The number of hydrogen-bond acceptors (Lipinski definition) is 6. The highest BCUT2D eigenvalue weighted by molar-refractivity contribution is 7.89. The number of sulfonamides is 1. The van der Waals surface area contributed by atoms with Crippen molar-refractivity contribution in [2.75, 3.05) is 47.4 Å². The van der Waals surface area contributed by atoms with Crippen molar-refractivity contribution >= 4 is 15.9 Å². The first kappa shape index (κ1) is 17.8. The fourth-order valence-electron chi connectivity index (χ4n) is 2.15. The summed E-state index contributed by atoms with van der Waals surface area (Å²) in [5.41, 5.74) is 3.24. The van der Waals surface area contributed by atoms with E-state index in [1.807, 2.05) is 12.1 Å². The van der Waals surface area contributed by atoms with Crippen LogP contribution in [0, 0.1) is 0 Å². The minimum Gasteiger partial charge on any atom is -0.304 e. The predicted octanol–water partition coefficient (Wildman–Crippen LogP) is -0.239. The summed E-state index contributed by atoms with van der Waals surface area (Å²) in [6.07, 6.45) is 0. The van der Waals surface area contributed by atoms with E-state index in [0.717, 1.165) is 30.6 Å². The molecular weight excluding hydrogens is 320 g/mol. The average Bonchev–Trinajstić information content (AvgIpc) is 2.56. The first-order valence-electron chi connectivity index (χ1n) is 7.22. The number of nitrogens with zero attached hydrogens (tertiary/aromatic N) is 3. The largest absolute Gasteiger partial charge is 0.304 e. The molecule has 0 atom stereocenters. The lowest BCUT2D eigenvalue weighted by molar-refractivity contribution is -0.0258. The van der Waals surface area contributed by atoms with Gasteiger partial charge < -0.3 is 4.90 Å². The van der Waals surface area contributed by atoms with Gasteiger partial charge in [-0.1, -0.05) is 4.47 Å². The molecule has 1 fully saturated rings. The Morgan fingerprint density at radius 3 is 2.26 bits per heavy atom. The molecule has 0 aromatic heterocycles. The standard InChI is InChI=1S/C14H22N4O4S/c1-16-8-10-18(11-9-16)15-14(19)12-4-6-13(7-5-12)23(20,21)17(2)22-3/h4-7H,8-11H2,1-3H3,(H,15,19). The maximum atomic E-state index is 12.2. The highest BCUT2D eigenvalue weighted by atomic mass is 32.2. The van der Waals surface area contributed by atoms with Crippen LogP contribution < -0.4 is 5.43 Å². The molecular formula is C14H22N4O4S. The lowest BCUT2D eigenvalue weighted by Gasteiger charge is -2.32. The van der Waals surface area contributed by atoms with Crippen LogP contribution in [-0.4, -0.2) is 76.1 Å². The van der Waals surface area contributed by atoms with E-state index >= 15 is 0 Å². The molecule has 9 heteroatoms. The molecule has 23 heavy (non-hydrogen) atoms. The van der Waals surface area contributed by atoms with Crippen molar-refractivity contribution in [1.82, 2.24) is 19.8 Å². The number of piperazine rings is 1. The van der Waals surface area contributed by atoms with E-state index in [0.29, 0.717) is 5.56 Å². The molecule has 1 aromatic rings. The third-order valence-corrected chi connectivity index (χ3v) is 5.47. The Balaban J connectivity index is 2.03. The lowest BCUT2D eigenvalue weighted by Crippen LogP contribution is -2.52. The summed E-state index contributed by atoms with van der Waals surface area (Å²) in [6, 6.07) is 5.76. The Kier molecular flexibility index (Phi) is 5.71. The van der Waals surface area contributed by atoms with E-state index in [9.17, 15) is 13.2 Å². The third-order valence-electron chi connectivity index (χ3n) is 3.77. The number of carbonyl (C=O) groups excluding carboxylic acids is 1. The number of hydrazine groups is 1. The summed E-state index contributed by atoms with van der Waals surface area (Å²) >= 11 is 0. The van der Waals surface area contributed by atoms with E-state index in [4.69, 9.17) is 4.84 Å². The topological polar surface area (TPSA) is 82.2 Å². The molecule has 1 amide bonds. The van der Waals surface area contributed by atoms with Gasteiger partial charge in [-0.15, -0.1) is 0 Å². The molecule has 1 aliphatic heterocycles. The zero-order valence-electron chi connectivity index (χ0n) is 13.5. The third kappa shape index (κ3) is 4.27. The Labute approximate surface area is 136 Å². The molecule has 0 radical (unpaired) electrons. The highest BCUT2D eigenvalue weighted by Gasteiger charge is 2.21. The second-order valence-electron chi connectivity index (χ2n) is 5.35. The number of hydrogen-bond donors (Lipinski definition) is 1. The molecule has 0 unspecified atom stereocenters. The second-order valence-corrected chi connectivity index (χ2v) is 7.29. The fourth-order valence-corrected chi connectivity index (χ4v) is 3.12. The highest BCUT2D eigenvalue weighted by Crippen LogP contribution is 2.15. The molecule has 0 saturated carbocycles. The van der Waals surface area contributed by atoms with Crippen LogP contribution in [0.3, 0.4) is 0 Å². The number of hydroxylamine groups is 1. The zero-order chi connectivity index (χ0) is 17.0. The molecule has 0 aliphatic carbocycles. The van der Waals surface area contributed by atoms with E-state index < -0.39 is 10.0 Å². The first-order chi connectivity index (χ1) is 10.8. The van der Waals surface area contributed by atoms with Gasteiger partial charge in [-0.2, -0.15) is 0 Å². The second kappa shape index (κ2) is 7.37. The van der Waals surface area contributed by atoms with Crippen LogP contribution in [0.25, 0.3) is 0 Å². The summed E-state index contributed by atoms with van der Waals surface area (Å²) in [5, 5.41) is 1.87. The van der Waals surface area contributed by atoms with Crippen LogP contribution in [0.1, 0.15) is 10.4 Å². The van der Waals surface area contributed by atoms with Gasteiger partial charge in [0.25, 0.3) is 15.9 Å². The summed E-state index contributed by atoms with van der Waals surface area (Å²) < 4.78 is 24.9. The minimum absolute atomic E-state index is 0.0676. The molecule has 1 heterocycles. The quantitative estimate of drug-likeness (QED) is 0.744. The summed E-state index contributed by atoms with van der Waals surface area (Å²) in [4.78, 5) is 19.2. The van der Waals surface area contributed by atoms with Crippen molar-refractivity contribution in [3.8, 4) is 0 Å². The van der Waals surface area contributed by atoms with Gasteiger partial charge >= 0.3 is 0 Å². The Morgan fingerprint density at radius 1 is 1.17 bits per heavy atom. The van der Waals surface area contributed by atoms with Gasteiger partial charge in [0, 0.05) is 38.8 Å². The van der Waals surface area contributed by atoms with Crippen LogP contribution in [-0.2, 0) is 14.9 Å². The molecule has 1 aliphatic rings. The van der Waals surface area contributed by atoms with E-state index in [1.54, 1.807) is 0 Å². The molecule has 1 saturated heterocycles. The van der Waals surface area contributed by atoms with Crippen molar-refractivity contribution in [3.63, 3.8) is 0 Å². The maximum Gasteiger partial charge on any atom is 0.265 e. The monoisotopic (exact) mass is 342 g/mol. The van der Waals surface area contributed by atoms with Gasteiger partial charge in [0.15, 0.2) is 0 Å².